The number of amides is 1. The lowest BCUT2D eigenvalue weighted by atomic mass is 9.99. The number of carbonyl (C=O) groups is 1. The van der Waals surface area contributed by atoms with Gasteiger partial charge in [-0.3, -0.25) is 20.2 Å². The summed E-state index contributed by atoms with van der Waals surface area (Å²) in [6, 6.07) is 18.1. The molecule has 0 unspecified atom stereocenters. The van der Waals surface area contributed by atoms with Crippen molar-refractivity contribution < 1.29 is 18.9 Å². The summed E-state index contributed by atoms with van der Waals surface area (Å²) >= 11 is 1.18. The Balaban J connectivity index is 1.45. The van der Waals surface area contributed by atoms with E-state index < -0.39 is 4.92 Å². The summed E-state index contributed by atoms with van der Waals surface area (Å²) in [4.78, 5) is 27.6. The van der Waals surface area contributed by atoms with E-state index in [1.807, 2.05) is 49.4 Å². The van der Waals surface area contributed by atoms with Crippen LogP contribution in [0.2, 0.25) is 0 Å². The van der Waals surface area contributed by atoms with Crippen molar-refractivity contribution in [2.75, 3.05) is 12.4 Å². The Labute approximate surface area is 203 Å². The van der Waals surface area contributed by atoms with Crippen LogP contribution in [0.1, 0.15) is 12.5 Å². The quantitative estimate of drug-likeness (QED) is 0.164. The van der Waals surface area contributed by atoms with Crippen LogP contribution in [0.25, 0.3) is 37.9 Å². The minimum atomic E-state index is -0.461. The number of aromatic nitrogens is 1. The highest BCUT2D eigenvalue weighted by atomic mass is 32.1. The molecule has 0 aliphatic rings. The maximum absolute atomic E-state index is 12.8. The average molecular weight is 486 g/mol. The highest BCUT2D eigenvalue weighted by molar-refractivity contribution is 7.22. The van der Waals surface area contributed by atoms with Crippen molar-refractivity contribution in [3.05, 3.63) is 88.7 Å². The number of hydrogen-bond donors (Lipinski definition) is 1. The Morgan fingerprint density at radius 1 is 1.17 bits per heavy atom. The number of ether oxygens (including phenoxy) is 1. The second-order valence-corrected chi connectivity index (χ2v) is 8.84. The first-order chi connectivity index (χ1) is 16.9. The van der Waals surface area contributed by atoms with Crippen LogP contribution >= 0.6 is 11.3 Å². The number of hydrogen-bond acceptors (Lipinski definition) is 7. The molecule has 5 aromatic rings. The number of furan rings is 1. The van der Waals surface area contributed by atoms with E-state index in [1.165, 1.54) is 29.5 Å². The molecule has 8 nitrogen and oxygen atoms in total. The number of carbonyl (C=O) groups excluding carboxylic acids is 1. The molecule has 0 spiro atoms. The molecular weight excluding hydrogens is 466 g/mol. The predicted octanol–water partition coefficient (Wildman–Crippen LogP) is 6.67. The molecular formula is C26H19N3O5S. The van der Waals surface area contributed by atoms with Gasteiger partial charge in [0.1, 0.15) is 11.3 Å². The van der Waals surface area contributed by atoms with Crippen LogP contribution in [0, 0.1) is 10.1 Å². The summed E-state index contributed by atoms with van der Waals surface area (Å²) in [7, 11) is 1.57. The summed E-state index contributed by atoms with van der Waals surface area (Å²) in [5, 5.41) is 15.0. The van der Waals surface area contributed by atoms with Gasteiger partial charge >= 0.3 is 0 Å². The van der Waals surface area contributed by atoms with Crippen molar-refractivity contribution in [3.63, 3.8) is 0 Å². The van der Waals surface area contributed by atoms with Crippen LogP contribution in [-0.2, 0) is 4.79 Å². The van der Waals surface area contributed by atoms with Gasteiger partial charge in [-0.15, -0.1) is 0 Å². The van der Waals surface area contributed by atoms with Crippen molar-refractivity contribution in [2.24, 2.45) is 0 Å². The number of thiazole rings is 1. The molecule has 0 saturated carbocycles. The van der Waals surface area contributed by atoms with E-state index in [4.69, 9.17) is 9.15 Å². The van der Waals surface area contributed by atoms with Crippen molar-refractivity contribution in [1.82, 2.24) is 4.98 Å². The van der Waals surface area contributed by atoms with Crippen LogP contribution in [0.15, 0.2) is 77.4 Å². The zero-order valence-electron chi connectivity index (χ0n) is 18.8. The smallest absolute Gasteiger partial charge is 0.270 e. The molecule has 2 heterocycles. The molecule has 0 saturated heterocycles. The van der Waals surface area contributed by atoms with E-state index in [-0.39, 0.29) is 11.6 Å². The van der Waals surface area contributed by atoms with Crippen molar-refractivity contribution in [2.45, 2.75) is 6.92 Å². The predicted molar refractivity (Wildman–Crippen MR) is 137 cm³/mol. The van der Waals surface area contributed by atoms with Gasteiger partial charge in [0.2, 0.25) is 5.91 Å². The number of fused-ring (bicyclic) bond motifs is 2. The average Bonchev–Trinajstić information content (AvgIpc) is 3.45. The number of nitrogens with zero attached hydrogens (tertiary/aromatic N) is 2. The van der Waals surface area contributed by atoms with Gasteiger partial charge in [-0.2, -0.15) is 0 Å². The van der Waals surface area contributed by atoms with Crippen LogP contribution < -0.4 is 10.1 Å². The van der Waals surface area contributed by atoms with Gasteiger partial charge in [0, 0.05) is 40.8 Å². The van der Waals surface area contributed by atoms with Gasteiger partial charge in [0.25, 0.3) is 5.69 Å². The number of methoxy groups -OCH3 is 1. The molecule has 2 aromatic heterocycles. The molecule has 35 heavy (non-hydrogen) atoms. The summed E-state index contributed by atoms with van der Waals surface area (Å²) in [6.45, 7) is 1.83. The molecule has 1 amide bonds. The van der Waals surface area contributed by atoms with Crippen molar-refractivity contribution >= 4 is 54.8 Å². The van der Waals surface area contributed by atoms with Gasteiger partial charge in [-0.25, -0.2) is 4.98 Å². The molecule has 9 heteroatoms. The summed E-state index contributed by atoms with van der Waals surface area (Å²) in [5.41, 5.74) is 4.67. The fraction of sp³-hybridized carbons (Fsp3) is 0.0769. The van der Waals surface area contributed by atoms with E-state index in [1.54, 1.807) is 19.4 Å². The summed E-state index contributed by atoms with van der Waals surface area (Å²) < 4.78 is 11.9. The Morgan fingerprint density at radius 3 is 2.71 bits per heavy atom. The number of nitro benzene ring substituents is 1. The number of nitro groups is 1. The second kappa shape index (κ2) is 9.03. The Morgan fingerprint density at radius 2 is 1.97 bits per heavy atom. The molecule has 5 rings (SSSR count). The molecule has 0 aliphatic heterocycles. The third-order valence-corrected chi connectivity index (χ3v) is 6.50. The number of benzene rings is 3. The first kappa shape index (κ1) is 22.3. The van der Waals surface area contributed by atoms with E-state index in [9.17, 15) is 14.9 Å². The Bertz CT molecular complexity index is 1620. The van der Waals surface area contributed by atoms with Gasteiger partial charge in [-0.1, -0.05) is 41.7 Å². The molecule has 0 radical (unpaired) electrons. The summed E-state index contributed by atoms with van der Waals surface area (Å²) in [5.74, 6) is 0.217. The molecule has 174 valence electrons. The Kier molecular flexibility index (Phi) is 5.76. The number of non-ortho nitro benzene ring substituents is 1. The van der Waals surface area contributed by atoms with Gasteiger partial charge < -0.3 is 9.15 Å². The van der Waals surface area contributed by atoms with E-state index in [2.05, 4.69) is 10.3 Å². The zero-order chi connectivity index (χ0) is 24.5. The lowest BCUT2D eigenvalue weighted by molar-refractivity contribution is -0.384. The first-order valence-electron chi connectivity index (χ1n) is 10.6. The topological polar surface area (TPSA) is 108 Å². The fourth-order valence-electron chi connectivity index (χ4n) is 3.87. The number of nitrogens with one attached hydrogen (secondary N) is 1. The Hall–Kier alpha value is -4.50. The lowest BCUT2D eigenvalue weighted by Gasteiger charge is -2.10. The first-order valence-corrected chi connectivity index (χ1v) is 11.4. The van der Waals surface area contributed by atoms with E-state index in [0.717, 1.165) is 22.1 Å². The van der Waals surface area contributed by atoms with E-state index in [0.29, 0.717) is 32.3 Å². The molecule has 0 bridgehead atoms. The number of allylic oxidation sites excluding steroid dienone is 1. The minimum Gasteiger partial charge on any atom is -0.496 e. The maximum atomic E-state index is 12.8. The van der Waals surface area contributed by atoms with E-state index >= 15 is 0 Å². The summed E-state index contributed by atoms with van der Waals surface area (Å²) in [6.07, 6.45) is 3.19. The number of anilines is 1. The normalized spacial score (nSPS) is 11.7. The third-order valence-electron chi connectivity index (χ3n) is 5.57. The van der Waals surface area contributed by atoms with Gasteiger partial charge in [0.15, 0.2) is 5.13 Å². The third kappa shape index (κ3) is 4.36. The number of rotatable bonds is 6. The largest absolute Gasteiger partial charge is 0.496 e. The molecule has 0 aliphatic carbocycles. The SMILES string of the molecule is COc1cc2occ(-c3ccccc3)c2cc1/C(C)=C/C(=O)Nc1nc2ccc([N+](=O)[O-])cc2s1. The zero-order valence-corrected chi connectivity index (χ0v) is 19.6. The second-order valence-electron chi connectivity index (χ2n) is 7.81. The minimum absolute atomic E-state index is 0.0219. The molecule has 0 atom stereocenters. The van der Waals surface area contributed by atoms with Crippen molar-refractivity contribution in [1.29, 1.82) is 0 Å². The van der Waals surface area contributed by atoms with Crippen LogP contribution in [0.3, 0.4) is 0 Å². The lowest BCUT2D eigenvalue weighted by Crippen LogP contribution is -2.08. The van der Waals surface area contributed by atoms with Gasteiger partial charge in [0.05, 0.1) is 28.5 Å². The highest BCUT2D eigenvalue weighted by Crippen LogP contribution is 2.37. The van der Waals surface area contributed by atoms with Crippen molar-refractivity contribution in [3.8, 4) is 16.9 Å². The monoisotopic (exact) mass is 485 g/mol. The van der Waals surface area contributed by atoms with Crippen LogP contribution in [0.5, 0.6) is 5.75 Å². The van der Waals surface area contributed by atoms with Gasteiger partial charge in [-0.05, 0) is 30.2 Å². The van der Waals surface area contributed by atoms with Crippen LogP contribution in [0.4, 0.5) is 10.8 Å². The fourth-order valence-corrected chi connectivity index (χ4v) is 4.77. The van der Waals surface area contributed by atoms with Crippen LogP contribution in [-0.4, -0.2) is 22.9 Å². The molecule has 0 fully saturated rings. The standard InChI is InChI=1S/C26H19N3O5S/c1-15(10-25(30)28-26-27-21-9-8-17(29(31)32)11-24(21)35-26)18-12-19-20(16-6-4-3-5-7-16)14-34-23(19)13-22(18)33-2/h3-14H,1-2H3,(H,27,28,30)/b15-10+. The maximum Gasteiger partial charge on any atom is 0.270 e. The highest BCUT2D eigenvalue weighted by Gasteiger charge is 2.16. The molecule has 3 aromatic carbocycles. The molecule has 1 N–H and O–H groups in total.